The van der Waals surface area contributed by atoms with Crippen molar-refractivity contribution in [3.8, 4) is 0 Å². The van der Waals surface area contributed by atoms with E-state index in [2.05, 4.69) is 34.7 Å². The van der Waals surface area contributed by atoms with E-state index in [0.29, 0.717) is 16.8 Å². The predicted octanol–water partition coefficient (Wildman–Crippen LogP) is 2.36. The molecule has 0 saturated carbocycles. The van der Waals surface area contributed by atoms with Crippen molar-refractivity contribution in [1.29, 1.82) is 0 Å². The number of tetrazole rings is 1. The Morgan fingerprint density at radius 1 is 1.48 bits per heavy atom. The first-order valence-corrected chi connectivity index (χ1v) is 8.64. The van der Waals surface area contributed by atoms with Gasteiger partial charge in [0.25, 0.3) is 0 Å². The molecular weight excluding hydrogens is 306 g/mol. The highest BCUT2D eigenvalue weighted by atomic mass is 32.2. The van der Waals surface area contributed by atoms with Gasteiger partial charge in [-0.15, -0.1) is 16.4 Å². The average molecular weight is 325 g/mol. The molecule has 1 unspecified atom stereocenters. The number of thioether (sulfide) groups is 1. The highest BCUT2D eigenvalue weighted by Gasteiger charge is 2.13. The fourth-order valence-corrected chi connectivity index (χ4v) is 3.21. The van der Waals surface area contributed by atoms with Crippen LogP contribution in [0.4, 0.5) is 0 Å². The van der Waals surface area contributed by atoms with Gasteiger partial charge in [-0.25, -0.2) is 4.68 Å². The number of rotatable bonds is 7. The van der Waals surface area contributed by atoms with E-state index in [0.717, 1.165) is 11.4 Å². The molecule has 114 valence electrons. The van der Waals surface area contributed by atoms with Gasteiger partial charge in [0.1, 0.15) is 0 Å². The number of nitrogens with zero attached hydrogens (tertiary/aromatic N) is 4. The maximum Gasteiger partial charge on any atom is 0.230 e. The number of carbonyl (C=O) groups is 1. The van der Waals surface area contributed by atoms with Crippen LogP contribution in [0, 0.1) is 5.92 Å². The van der Waals surface area contributed by atoms with Crippen molar-refractivity contribution in [1.82, 2.24) is 25.5 Å². The van der Waals surface area contributed by atoms with Crippen LogP contribution in [-0.2, 0) is 11.3 Å². The number of hydrogen-bond donors (Lipinski definition) is 1. The number of thiophene rings is 1. The molecule has 0 bridgehead atoms. The Labute approximate surface area is 132 Å². The smallest absolute Gasteiger partial charge is 0.230 e. The van der Waals surface area contributed by atoms with Gasteiger partial charge in [0.2, 0.25) is 11.1 Å². The van der Waals surface area contributed by atoms with Crippen molar-refractivity contribution < 1.29 is 4.79 Å². The van der Waals surface area contributed by atoms with E-state index >= 15 is 0 Å². The second-order valence-electron chi connectivity index (χ2n) is 5.13. The summed E-state index contributed by atoms with van der Waals surface area (Å²) in [5, 5.41) is 17.2. The zero-order valence-electron chi connectivity index (χ0n) is 12.3. The molecule has 6 nitrogen and oxygen atoms in total. The van der Waals surface area contributed by atoms with E-state index in [1.807, 2.05) is 24.4 Å². The van der Waals surface area contributed by atoms with Crippen molar-refractivity contribution in [2.75, 3.05) is 5.75 Å². The molecule has 0 aliphatic carbocycles. The number of nitrogens with one attached hydrogen (secondary N) is 1. The molecule has 0 fully saturated rings. The molecule has 0 aromatic carbocycles. The standard InChI is InChI=1S/C13H19N5OS2/c1-9(2)7-18-13(15-16-17-18)21-8-12(19)14-10(3)11-5-4-6-20-11/h4-6,9-10H,7-8H2,1-3H3,(H,14,19). The molecule has 2 heterocycles. The van der Waals surface area contributed by atoms with E-state index in [4.69, 9.17) is 0 Å². The van der Waals surface area contributed by atoms with Crippen LogP contribution in [0.2, 0.25) is 0 Å². The molecule has 21 heavy (non-hydrogen) atoms. The van der Waals surface area contributed by atoms with Crippen LogP contribution in [0.15, 0.2) is 22.7 Å². The lowest BCUT2D eigenvalue weighted by atomic mass is 10.2. The van der Waals surface area contributed by atoms with Gasteiger partial charge in [0.15, 0.2) is 0 Å². The molecule has 0 saturated heterocycles. The van der Waals surface area contributed by atoms with Gasteiger partial charge in [0, 0.05) is 11.4 Å². The van der Waals surface area contributed by atoms with Gasteiger partial charge in [-0.1, -0.05) is 31.7 Å². The normalized spacial score (nSPS) is 12.6. The minimum atomic E-state index is -0.0139. The summed E-state index contributed by atoms with van der Waals surface area (Å²) in [6.45, 7) is 6.94. The first-order chi connectivity index (χ1) is 10.1. The highest BCUT2D eigenvalue weighted by Crippen LogP contribution is 2.19. The van der Waals surface area contributed by atoms with Gasteiger partial charge in [-0.3, -0.25) is 4.79 Å². The zero-order valence-corrected chi connectivity index (χ0v) is 13.9. The molecule has 1 N–H and O–H groups in total. The molecule has 2 aromatic heterocycles. The van der Waals surface area contributed by atoms with E-state index in [1.165, 1.54) is 11.8 Å². The summed E-state index contributed by atoms with van der Waals surface area (Å²) < 4.78 is 1.74. The average Bonchev–Trinajstić information content (AvgIpc) is 3.06. The summed E-state index contributed by atoms with van der Waals surface area (Å²) in [5.41, 5.74) is 0. The van der Waals surface area contributed by atoms with Gasteiger partial charge in [-0.05, 0) is 34.7 Å². The fourth-order valence-electron chi connectivity index (χ4n) is 1.78. The summed E-state index contributed by atoms with van der Waals surface area (Å²) in [6, 6.07) is 4.04. The van der Waals surface area contributed by atoms with Crippen molar-refractivity contribution >= 4 is 29.0 Å². The van der Waals surface area contributed by atoms with Crippen LogP contribution in [0.1, 0.15) is 31.7 Å². The van der Waals surface area contributed by atoms with Crippen LogP contribution in [0.3, 0.4) is 0 Å². The maximum atomic E-state index is 12.0. The van der Waals surface area contributed by atoms with Crippen molar-refractivity contribution in [3.05, 3.63) is 22.4 Å². The first-order valence-electron chi connectivity index (χ1n) is 6.78. The summed E-state index contributed by atoms with van der Waals surface area (Å²) in [6.07, 6.45) is 0. The lowest BCUT2D eigenvalue weighted by Crippen LogP contribution is -2.27. The first kappa shape index (κ1) is 16.0. The molecule has 0 aliphatic heterocycles. The van der Waals surface area contributed by atoms with Crippen LogP contribution >= 0.6 is 23.1 Å². The number of aromatic nitrogens is 4. The second kappa shape index (κ2) is 7.56. The Morgan fingerprint density at radius 3 is 2.95 bits per heavy atom. The molecular formula is C13H19N5OS2. The van der Waals surface area contributed by atoms with Gasteiger partial charge < -0.3 is 5.32 Å². The lowest BCUT2D eigenvalue weighted by molar-refractivity contribution is -0.119. The van der Waals surface area contributed by atoms with Crippen LogP contribution < -0.4 is 5.32 Å². The second-order valence-corrected chi connectivity index (χ2v) is 7.05. The molecule has 0 spiro atoms. The monoisotopic (exact) mass is 325 g/mol. The largest absolute Gasteiger partial charge is 0.348 e. The third-order valence-electron chi connectivity index (χ3n) is 2.72. The Balaban J connectivity index is 1.83. The third-order valence-corrected chi connectivity index (χ3v) is 4.73. The Bertz CT molecular complexity index is 567. The molecule has 0 aliphatic rings. The molecule has 1 amide bonds. The van der Waals surface area contributed by atoms with Crippen LogP contribution in [-0.4, -0.2) is 31.9 Å². The quantitative estimate of drug-likeness (QED) is 0.791. The minimum absolute atomic E-state index is 0.0139. The topological polar surface area (TPSA) is 72.7 Å². The summed E-state index contributed by atoms with van der Waals surface area (Å²) in [5.74, 6) is 0.759. The number of amides is 1. The van der Waals surface area contributed by atoms with Crippen LogP contribution in [0.25, 0.3) is 0 Å². The molecule has 2 rings (SSSR count). The summed E-state index contributed by atoms with van der Waals surface area (Å²) in [7, 11) is 0. The van der Waals surface area contributed by atoms with Gasteiger partial charge in [-0.2, -0.15) is 0 Å². The van der Waals surface area contributed by atoms with Crippen molar-refractivity contribution in [2.45, 2.75) is 38.5 Å². The number of hydrogen-bond acceptors (Lipinski definition) is 6. The minimum Gasteiger partial charge on any atom is -0.348 e. The van der Waals surface area contributed by atoms with Crippen LogP contribution in [0.5, 0.6) is 0 Å². The Morgan fingerprint density at radius 2 is 2.29 bits per heavy atom. The fraction of sp³-hybridized carbons (Fsp3) is 0.538. The van der Waals surface area contributed by atoms with Gasteiger partial charge in [0.05, 0.1) is 11.8 Å². The Kier molecular flexibility index (Phi) is 5.75. The summed E-state index contributed by atoms with van der Waals surface area (Å²) in [4.78, 5) is 13.1. The van der Waals surface area contributed by atoms with E-state index in [-0.39, 0.29) is 11.9 Å². The Hall–Kier alpha value is -1.41. The van der Waals surface area contributed by atoms with E-state index < -0.39 is 0 Å². The third kappa shape index (κ3) is 4.82. The molecule has 0 radical (unpaired) electrons. The predicted molar refractivity (Wildman–Crippen MR) is 84.3 cm³/mol. The van der Waals surface area contributed by atoms with Gasteiger partial charge >= 0.3 is 0 Å². The van der Waals surface area contributed by atoms with E-state index in [1.54, 1.807) is 16.0 Å². The van der Waals surface area contributed by atoms with Crippen molar-refractivity contribution in [3.63, 3.8) is 0 Å². The molecule has 8 heteroatoms. The lowest BCUT2D eigenvalue weighted by Gasteiger charge is -2.12. The molecule has 1 atom stereocenters. The number of carbonyl (C=O) groups excluding carboxylic acids is 1. The summed E-state index contributed by atoms with van der Waals surface area (Å²) >= 11 is 3.00. The SMILES string of the molecule is CC(C)Cn1nnnc1SCC(=O)NC(C)c1cccs1. The van der Waals surface area contributed by atoms with Crippen molar-refractivity contribution in [2.24, 2.45) is 5.92 Å². The highest BCUT2D eigenvalue weighted by molar-refractivity contribution is 7.99. The van der Waals surface area contributed by atoms with E-state index in [9.17, 15) is 4.79 Å². The molecule has 2 aromatic rings. The maximum absolute atomic E-state index is 12.0. The zero-order chi connectivity index (χ0) is 15.2.